The zero-order chi connectivity index (χ0) is 4.50. The second kappa shape index (κ2) is 5.18. The van der Waals surface area contributed by atoms with E-state index in [2.05, 4.69) is 0 Å². The second-order valence-electron chi connectivity index (χ2n) is 0.447. The number of phosphoric acid groups is 1. The van der Waals surface area contributed by atoms with Gasteiger partial charge in [-0.1, -0.05) is 0 Å². The van der Waals surface area contributed by atoms with Crippen LogP contribution in [0.15, 0.2) is 0 Å². The minimum atomic E-state index is -5.39. The quantitative estimate of drug-likeness (QED) is 0.245. The van der Waals surface area contributed by atoms with E-state index < -0.39 is 7.82 Å². The van der Waals surface area contributed by atoms with Crippen molar-refractivity contribution in [1.29, 1.82) is 0 Å². The first-order valence-electron chi connectivity index (χ1n) is 0.730. The molecule has 0 radical (unpaired) electrons. The molecule has 40 valence electrons. The Kier molecular flexibility index (Phi) is 11.6. The molecular formula is FNaO4P-3. The minimum Gasteiger partial charge on any atom is -1.00 e. The molecule has 0 N–H and O–H groups in total. The van der Waals surface area contributed by atoms with Gasteiger partial charge in [0.25, 0.3) is 0 Å². The van der Waals surface area contributed by atoms with Crippen LogP contribution in [0.1, 0.15) is 0 Å². The molecule has 0 saturated heterocycles. The zero-order valence-electron chi connectivity index (χ0n) is 3.46. The van der Waals surface area contributed by atoms with E-state index in [1.807, 2.05) is 0 Å². The largest absolute Gasteiger partial charge is 1.00 e. The van der Waals surface area contributed by atoms with Gasteiger partial charge in [0.1, 0.15) is 0 Å². The van der Waals surface area contributed by atoms with Gasteiger partial charge in [0, 0.05) is 0 Å². The second-order valence-corrected chi connectivity index (χ2v) is 1.34. The van der Waals surface area contributed by atoms with Gasteiger partial charge in [-0.3, -0.25) is 0 Å². The molecule has 0 rings (SSSR count). The van der Waals surface area contributed by atoms with Crippen LogP contribution in [0.3, 0.4) is 0 Å². The SMILES string of the molecule is O=P([O-])([O-])[O-].[F-].[Na+]. The molecule has 0 bridgehead atoms. The van der Waals surface area contributed by atoms with Gasteiger partial charge in [-0.15, -0.1) is 0 Å². The van der Waals surface area contributed by atoms with Crippen molar-refractivity contribution in [2.45, 2.75) is 0 Å². The summed E-state index contributed by atoms with van der Waals surface area (Å²) >= 11 is 0. The predicted octanol–water partition coefficient (Wildman–Crippen LogP) is -8.82. The summed E-state index contributed by atoms with van der Waals surface area (Å²) in [5.41, 5.74) is 0. The maximum atomic E-state index is 8.55. The summed E-state index contributed by atoms with van der Waals surface area (Å²) in [7, 11) is -5.39. The van der Waals surface area contributed by atoms with E-state index in [-0.39, 0.29) is 34.3 Å². The fourth-order valence-corrected chi connectivity index (χ4v) is 0. The van der Waals surface area contributed by atoms with Crippen LogP contribution < -0.4 is 48.9 Å². The van der Waals surface area contributed by atoms with Crippen molar-refractivity contribution in [2.75, 3.05) is 0 Å². The van der Waals surface area contributed by atoms with E-state index in [9.17, 15) is 0 Å². The van der Waals surface area contributed by atoms with E-state index in [1.165, 1.54) is 0 Å². The van der Waals surface area contributed by atoms with Gasteiger partial charge in [-0.25, -0.2) is 0 Å². The van der Waals surface area contributed by atoms with E-state index in [0.717, 1.165) is 0 Å². The molecule has 0 aromatic heterocycles. The normalized spacial score (nSPS) is 8.43. The summed E-state index contributed by atoms with van der Waals surface area (Å²) in [6, 6.07) is 0. The van der Waals surface area contributed by atoms with Gasteiger partial charge in [0.05, 0.1) is 0 Å². The van der Waals surface area contributed by atoms with Gasteiger partial charge < -0.3 is 23.9 Å². The smallest absolute Gasteiger partial charge is 1.00 e. The molecule has 0 saturated carbocycles. The maximum Gasteiger partial charge on any atom is 1.00 e. The monoisotopic (exact) mass is 137 g/mol. The molecule has 0 aromatic rings. The Hall–Kier alpha value is 1.04. The molecule has 7 heteroatoms. The standard InChI is InChI=1S/FH.Na.H3O4P/c;;1-5(2,3)4/h1H;;(H3,1,2,3,4)/q;+1;/p-4. The van der Waals surface area contributed by atoms with E-state index in [4.69, 9.17) is 19.2 Å². The molecule has 7 heavy (non-hydrogen) atoms. The van der Waals surface area contributed by atoms with Gasteiger partial charge in [0.2, 0.25) is 0 Å². The molecule has 0 aromatic carbocycles. The average Bonchev–Trinajstić information content (AvgIpc) is 0.722. The van der Waals surface area contributed by atoms with Gasteiger partial charge in [-0.2, -0.15) is 7.82 Å². The van der Waals surface area contributed by atoms with Crippen LogP contribution >= 0.6 is 7.82 Å². The van der Waals surface area contributed by atoms with Crippen LogP contribution in [-0.2, 0) is 4.57 Å². The van der Waals surface area contributed by atoms with Crippen molar-refractivity contribution in [2.24, 2.45) is 0 Å². The Morgan fingerprint density at radius 2 is 1.14 bits per heavy atom. The maximum absolute atomic E-state index is 8.55. The molecule has 0 aliphatic rings. The topological polar surface area (TPSA) is 86.2 Å². The Bertz CT molecular complexity index is 57.8. The fourth-order valence-electron chi connectivity index (χ4n) is 0. The fraction of sp³-hybridized carbons (Fsp3) is 0. The van der Waals surface area contributed by atoms with Crippen LogP contribution in [0.4, 0.5) is 0 Å². The number of hydrogen-bond donors (Lipinski definition) is 0. The third-order valence-electron chi connectivity index (χ3n) is 0. The molecule has 0 amide bonds. The third kappa shape index (κ3) is 165. The van der Waals surface area contributed by atoms with Crippen LogP contribution in [-0.4, -0.2) is 0 Å². The van der Waals surface area contributed by atoms with Crippen molar-refractivity contribution >= 4 is 7.82 Å². The molecule has 0 unspecified atom stereocenters. The predicted molar refractivity (Wildman–Crippen MR) is 7.61 cm³/mol. The Labute approximate surface area is 61.4 Å². The number of rotatable bonds is 0. The molecular weight excluding hydrogens is 137 g/mol. The molecule has 0 aliphatic heterocycles. The van der Waals surface area contributed by atoms with Crippen LogP contribution in [0.25, 0.3) is 0 Å². The summed E-state index contributed by atoms with van der Waals surface area (Å²) in [5, 5.41) is 0. The van der Waals surface area contributed by atoms with Gasteiger partial charge in [0.15, 0.2) is 0 Å². The van der Waals surface area contributed by atoms with Crippen LogP contribution in [0.2, 0.25) is 0 Å². The minimum absolute atomic E-state index is 0. The summed E-state index contributed by atoms with van der Waals surface area (Å²) < 4.78 is 8.55. The Morgan fingerprint density at radius 3 is 1.14 bits per heavy atom. The molecule has 0 atom stereocenters. The summed E-state index contributed by atoms with van der Waals surface area (Å²) in [6.07, 6.45) is 0. The first-order chi connectivity index (χ1) is 2.00. The molecule has 0 heterocycles. The first kappa shape index (κ1) is 15.7. The van der Waals surface area contributed by atoms with Crippen molar-refractivity contribution < 1.29 is 53.5 Å². The molecule has 0 spiro atoms. The molecule has 4 nitrogen and oxygen atoms in total. The number of halogens is 1. The summed E-state index contributed by atoms with van der Waals surface area (Å²) in [4.78, 5) is 25.6. The van der Waals surface area contributed by atoms with E-state index in [1.54, 1.807) is 0 Å². The van der Waals surface area contributed by atoms with E-state index >= 15 is 0 Å². The first-order valence-corrected chi connectivity index (χ1v) is 2.19. The zero-order valence-corrected chi connectivity index (χ0v) is 6.35. The summed E-state index contributed by atoms with van der Waals surface area (Å²) in [5.74, 6) is 0. The van der Waals surface area contributed by atoms with E-state index in [0.29, 0.717) is 0 Å². The van der Waals surface area contributed by atoms with Crippen LogP contribution in [0.5, 0.6) is 0 Å². The van der Waals surface area contributed by atoms with Crippen molar-refractivity contribution in [3.63, 3.8) is 0 Å². The number of hydrogen-bond acceptors (Lipinski definition) is 4. The Morgan fingerprint density at radius 1 is 1.14 bits per heavy atom. The van der Waals surface area contributed by atoms with Gasteiger partial charge in [-0.05, 0) is 0 Å². The third-order valence-corrected chi connectivity index (χ3v) is 0. The Balaban J connectivity index is -0.0000000800. The molecule has 0 aliphatic carbocycles. The van der Waals surface area contributed by atoms with Crippen molar-refractivity contribution in [3.8, 4) is 0 Å². The van der Waals surface area contributed by atoms with Crippen molar-refractivity contribution in [1.82, 2.24) is 0 Å². The average molecular weight is 137 g/mol. The van der Waals surface area contributed by atoms with Gasteiger partial charge >= 0.3 is 29.6 Å². The summed E-state index contributed by atoms with van der Waals surface area (Å²) in [6.45, 7) is 0. The van der Waals surface area contributed by atoms with Crippen LogP contribution in [0, 0.1) is 0 Å². The molecule has 0 fully saturated rings. The van der Waals surface area contributed by atoms with Crippen molar-refractivity contribution in [3.05, 3.63) is 0 Å².